The second-order valence-electron chi connectivity index (χ2n) is 3.82. The van der Waals surface area contributed by atoms with Crippen molar-refractivity contribution in [2.24, 2.45) is 17.8 Å². The first-order valence-corrected chi connectivity index (χ1v) is 4.35. The summed E-state index contributed by atoms with van der Waals surface area (Å²) in [6.45, 7) is 5.02. The molecule has 0 amide bonds. The molecule has 1 N–H and O–H groups in total. The fourth-order valence-electron chi connectivity index (χ4n) is 1.82. The van der Waals surface area contributed by atoms with Gasteiger partial charge in [-0.3, -0.25) is 0 Å². The molecule has 0 bridgehead atoms. The molecule has 60 valence electrons. The molecule has 1 fully saturated rings. The highest BCUT2D eigenvalue weighted by atomic mass is 16.3. The van der Waals surface area contributed by atoms with E-state index < -0.39 is 0 Å². The molecular formula is C9H18O. The van der Waals surface area contributed by atoms with Crippen molar-refractivity contribution in [3.05, 3.63) is 0 Å². The second-order valence-corrected chi connectivity index (χ2v) is 3.82. The SMILES string of the molecule is CC1CCC(CO)CC1C. The van der Waals surface area contributed by atoms with Crippen LogP contribution in [0.5, 0.6) is 0 Å². The summed E-state index contributed by atoms with van der Waals surface area (Å²) in [4.78, 5) is 0. The molecule has 10 heavy (non-hydrogen) atoms. The van der Waals surface area contributed by atoms with Gasteiger partial charge in [0.15, 0.2) is 0 Å². The molecule has 1 rings (SSSR count). The van der Waals surface area contributed by atoms with Crippen LogP contribution in [-0.4, -0.2) is 11.7 Å². The van der Waals surface area contributed by atoms with Gasteiger partial charge in [-0.15, -0.1) is 0 Å². The Balaban J connectivity index is 2.33. The van der Waals surface area contributed by atoms with Gasteiger partial charge in [-0.25, -0.2) is 0 Å². The fraction of sp³-hybridized carbons (Fsp3) is 1.00. The molecule has 1 nitrogen and oxygen atoms in total. The predicted molar refractivity (Wildman–Crippen MR) is 42.8 cm³/mol. The summed E-state index contributed by atoms with van der Waals surface area (Å²) in [5, 5.41) is 8.90. The first-order chi connectivity index (χ1) is 4.74. The lowest BCUT2D eigenvalue weighted by molar-refractivity contribution is 0.136. The molecule has 0 saturated heterocycles. The second kappa shape index (κ2) is 3.38. The third-order valence-electron chi connectivity index (χ3n) is 2.96. The molecule has 3 atom stereocenters. The van der Waals surface area contributed by atoms with Crippen molar-refractivity contribution in [3.63, 3.8) is 0 Å². The van der Waals surface area contributed by atoms with Crippen molar-refractivity contribution in [1.29, 1.82) is 0 Å². The minimum Gasteiger partial charge on any atom is -0.396 e. The molecule has 0 aromatic rings. The monoisotopic (exact) mass is 142 g/mol. The smallest absolute Gasteiger partial charge is 0.0459 e. The van der Waals surface area contributed by atoms with E-state index in [1.54, 1.807) is 0 Å². The highest BCUT2D eigenvalue weighted by Gasteiger charge is 2.23. The van der Waals surface area contributed by atoms with Gasteiger partial charge in [0.2, 0.25) is 0 Å². The highest BCUT2D eigenvalue weighted by molar-refractivity contribution is 4.74. The average molecular weight is 142 g/mol. The minimum absolute atomic E-state index is 0.400. The van der Waals surface area contributed by atoms with Gasteiger partial charge in [-0.2, -0.15) is 0 Å². The van der Waals surface area contributed by atoms with Crippen LogP contribution < -0.4 is 0 Å². The number of hydrogen-bond donors (Lipinski definition) is 1. The van der Waals surface area contributed by atoms with E-state index in [0.717, 1.165) is 11.8 Å². The Kier molecular flexibility index (Phi) is 2.72. The van der Waals surface area contributed by atoms with Crippen molar-refractivity contribution in [2.45, 2.75) is 33.1 Å². The van der Waals surface area contributed by atoms with E-state index in [0.29, 0.717) is 12.5 Å². The van der Waals surface area contributed by atoms with Crippen molar-refractivity contribution >= 4 is 0 Å². The third-order valence-corrected chi connectivity index (χ3v) is 2.96. The highest BCUT2D eigenvalue weighted by Crippen LogP contribution is 2.32. The van der Waals surface area contributed by atoms with E-state index in [2.05, 4.69) is 13.8 Å². The zero-order valence-corrected chi connectivity index (χ0v) is 7.01. The Bertz CT molecular complexity index is 101. The third kappa shape index (κ3) is 1.72. The molecule has 0 aliphatic heterocycles. The Morgan fingerprint density at radius 2 is 1.90 bits per heavy atom. The van der Waals surface area contributed by atoms with E-state index in [1.807, 2.05) is 0 Å². The molecule has 1 heteroatoms. The van der Waals surface area contributed by atoms with Crippen LogP contribution in [0.15, 0.2) is 0 Å². The molecule has 0 aromatic heterocycles. The van der Waals surface area contributed by atoms with Crippen molar-refractivity contribution in [2.75, 3.05) is 6.61 Å². The minimum atomic E-state index is 0.400. The number of aliphatic hydroxyl groups is 1. The maximum Gasteiger partial charge on any atom is 0.0459 e. The maximum absolute atomic E-state index is 8.90. The summed E-state index contributed by atoms with van der Waals surface area (Å²) >= 11 is 0. The largest absolute Gasteiger partial charge is 0.396 e. The normalized spacial score (nSPS) is 41.7. The molecular weight excluding hydrogens is 124 g/mol. The van der Waals surface area contributed by atoms with Crippen LogP contribution in [-0.2, 0) is 0 Å². The van der Waals surface area contributed by atoms with E-state index in [4.69, 9.17) is 5.11 Å². The summed E-state index contributed by atoms with van der Waals surface area (Å²) in [6, 6.07) is 0. The van der Waals surface area contributed by atoms with E-state index >= 15 is 0 Å². The molecule has 1 aliphatic carbocycles. The molecule has 1 saturated carbocycles. The molecule has 0 spiro atoms. The van der Waals surface area contributed by atoms with Gasteiger partial charge in [0, 0.05) is 6.61 Å². The summed E-state index contributed by atoms with van der Waals surface area (Å²) in [6.07, 6.45) is 3.78. The van der Waals surface area contributed by atoms with Crippen LogP contribution in [0.3, 0.4) is 0 Å². The quantitative estimate of drug-likeness (QED) is 0.594. The first kappa shape index (κ1) is 8.06. The Labute approximate surface area is 63.4 Å². The van der Waals surface area contributed by atoms with E-state index in [-0.39, 0.29) is 0 Å². The Hall–Kier alpha value is -0.0400. The van der Waals surface area contributed by atoms with Crippen molar-refractivity contribution in [3.8, 4) is 0 Å². The summed E-state index contributed by atoms with van der Waals surface area (Å²) in [5.41, 5.74) is 0. The van der Waals surface area contributed by atoms with Gasteiger partial charge in [0.25, 0.3) is 0 Å². The fourth-order valence-corrected chi connectivity index (χ4v) is 1.82. The zero-order valence-electron chi connectivity index (χ0n) is 7.01. The van der Waals surface area contributed by atoms with Gasteiger partial charge in [0.05, 0.1) is 0 Å². The molecule has 3 unspecified atom stereocenters. The van der Waals surface area contributed by atoms with E-state index in [9.17, 15) is 0 Å². The van der Waals surface area contributed by atoms with Gasteiger partial charge in [-0.1, -0.05) is 20.3 Å². The van der Waals surface area contributed by atoms with Crippen LogP contribution in [0.4, 0.5) is 0 Å². The van der Waals surface area contributed by atoms with Crippen LogP contribution in [0.25, 0.3) is 0 Å². The number of aliphatic hydroxyl groups excluding tert-OH is 1. The van der Waals surface area contributed by atoms with Gasteiger partial charge in [0.1, 0.15) is 0 Å². The zero-order chi connectivity index (χ0) is 7.56. The van der Waals surface area contributed by atoms with Crippen molar-refractivity contribution < 1.29 is 5.11 Å². The van der Waals surface area contributed by atoms with Crippen LogP contribution in [0, 0.1) is 17.8 Å². The Morgan fingerprint density at radius 3 is 2.40 bits per heavy atom. The standard InChI is InChI=1S/C9H18O/c1-7-3-4-9(6-10)5-8(7)2/h7-10H,3-6H2,1-2H3. The van der Waals surface area contributed by atoms with Crippen molar-refractivity contribution in [1.82, 2.24) is 0 Å². The van der Waals surface area contributed by atoms with Gasteiger partial charge in [-0.05, 0) is 30.6 Å². The summed E-state index contributed by atoms with van der Waals surface area (Å²) in [5.74, 6) is 2.31. The topological polar surface area (TPSA) is 20.2 Å². The Morgan fingerprint density at radius 1 is 1.20 bits per heavy atom. The summed E-state index contributed by atoms with van der Waals surface area (Å²) < 4.78 is 0. The van der Waals surface area contributed by atoms with Gasteiger partial charge < -0.3 is 5.11 Å². The average Bonchev–Trinajstić information content (AvgIpc) is 1.95. The molecule has 0 radical (unpaired) electrons. The van der Waals surface area contributed by atoms with Gasteiger partial charge >= 0.3 is 0 Å². The number of hydrogen-bond acceptors (Lipinski definition) is 1. The summed E-state index contributed by atoms with van der Waals surface area (Å²) in [7, 11) is 0. The maximum atomic E-state index is 8.90. The molecule has 1 aliphatic rings. The lowest BCUT2D eigenvalue weighted by atomic mass is 9.76. The van der Waals surface area contributed by atoms with Crippen LogP contribution in [0.1, 0.15) is 33.1 Å². The first-order valence-electron chi connectivity index (χ1n) is 4.35. The lowest BCUT2D eigenvalue weighted by Crippen LogP contribution is -2.22. The molecule has 0 heterocycles. The molecule has 0 aromatic carbocycles. The van der Waals surface area contributed by atoms with Crippen LogP contribution in [0.2, 0.25) is 0 Å². The number of rotatable bonds is 1. The predicted octanol–water partition coefficient (Wildman–Crippen LogP) is 2.05. The van der Waals surface area contributed by atoms with E-state index in [1.165, 1.54) is 19.3 Å². The van der Waals surface area contributed by atoms with Crippen LogP contribution >= 0.6 is 0 Å². The lowest BCUT2D eigenvalue weighted by Gasteiger charge is -2.30.